The lowest BCUT2D eigenvalue weighted by Crippen LogP contribution is -1.99. The van der Waals surface area contributed by atoms with Gasteiger partial charge in [-0.1, -0.05) is 11.6 Å². The van der Waals surface area contributed by atoms with Crippen molar-refractivity contribution in [2.75, 3.05) is 5.88 Å². The van der Waals surface area contributed by atoms with Crippen molar-refractivity contribution in [3.05, 3.63) is 28.8 Å². The number of ketones is 1. The highest BCUT2D eigenvalue weighted by Crippen LogP contribution is 2.23. The predicted octanol–water partition coefficient (Wildman–Crippen LogP) is 2.47. The van der Waals surface area contributed by atoms with Crippen molar-refractivity contribution in [1.82, 2.24) is 0 Å². The standard InChI is InChI=1S/C8H6Cl2O2/c9-4-8(12)5-1-2-6(10)7(11)3-5/h1-3,11H,4H2. The van der Waals surface area contributed by atoms with E-state index < -0.39 is 0 Å². The van der Waals surface area contributed by atoms with Crippen LogP contribution in [0.5, 0.6) is 5.75 Å². The molecule has 1 aromatic rings. The summed E-state index contributed by atoms with van der Waals surface area (Å²) < 4.78 is 0. The number of phenolic OH excluding ortho intramolecular Hbond substituents is 1. The second-order valence-electron chi connectivity index (χ2n) is 2.22. The molecule has 1 N–H and O–H groups in total. The Bertz CT molecular complexity index is 310. The Morgan fingerprint density at radius 3 is 2.67 bits per heavy atom. The minimum absolute atomic E-state index is 0.0962. The molecule has 0 aliphatic heterocycles. The number of benzene rings is 1. The minimum Gasteiger partial charge on any atom is -0.506 e. The topological polar surface area (TPSA) is 37.3 Å². The maximum Gasteiger partial charge on any atom is 0.177 e. The van der Waals surface area contributed by atoms with Gasteiger partial charge in [-0.25, -0.2) is 0 Å². The summed E-state index contributed by atoms with van der Waals surface area (Å²) in [5.74, 6) is -0.433. The first-order chi connectivity index (χ1) is 5.65. The normalized spacial score (nSPS) is 9.83. The number of carbonyl (C=O) groups excluding carboxylic acids is 1. The van der Waals surface area contributed by atoms with Gasteiger partial charge in [0.05, 0.1) is 10.9 Å². The number of phenols is 1. The van der Waals surface area contributed by atoms with Gasteiger partial charge in [0.15, 0.2) is 5.78 Å². The molecule has 0 aliphatic rings. The van der Waals surface area contributed by atoms with Crippen LogP contribution >= 0.6 is 23.2 Å². The van der Waals surface area contributed by atoms with Gasteiger partial charge in [-0.3, -0.25) is 4.79 Å². The lowest BCUT2D eigenvalue weighted by Gasteiger charge is -1.99. The van der Waals surface area contributed by atoms with Crippen molar-refractivity contribution in [1.29, 1.82) is 0 Å². The number of carbonyl (C=O) groups is 1. The Hall–Kier alpha value is -0.730. The summed E-state index contributed by atoms with van der Waals surface area (Å²) in [6, 6.07) is 4.27. The summed E-state index contributed by atoms with van der Waals surface area (Å²) in [7, 11) is 0. The van der Waals surface area contributed by atoms with Crippen LogP contribution in [0.3, 0.4) is 0 Å². The second kappa shape index (κ2) is 3.78. The number of aromatic hydroxyl groups is 1. The number of rotatable bonds is 2. The van der Waals surface area contributed by atoms with Crippen molar-refractivity contribution in [2.45, 2.75) is 0 Å². The SMILES string of the molecule is O=C(CCl)c1ccc(Cl)c(O)c1. The first-order valence-corrected chi connectivity index (χ1v) is 4.14. The van der Waals surface area contributed by atoms with Gasteiger partial charge in [0.1, 0.15) is 5.75 Å². The number of hydrogen-bond acceptors (Lipinski definition) is 2. The third-order valence-electron chi connectivity index (χ3n) is 1.39. The average molecular weight is 205 g/mol. The lowest BCUT2D eigenvalue weighted by molar-refractivity contribution is 0.102. The molecule has 0 radical (unpaired) electrons. The van der Waals surface area contributed by atoms with E-state index in [0.29, 0.717) is 5.56 Å². The Kier molecular flexibility index (Phi) is 2.95. The number of halogens is 2. The van der Waals surface area contributed by atoms with E-state index in [1.165, 1.54) is 18.2 Å². The fraction of sp³-hybridized carbons (Fsp3) is 0.125. The van der Waals surface area contributed by atoms with Gasteiger partial charge in [-0.15, -0.1) is 11.6 Å². The molecular weight excluding hydrogens is 199 g/mol. The van der Waals surface area contributed by atoms with E-state index >= 15 is 0 Å². The monoisotopic (exact) mass is 204 g/mol. The van der Waals surface area contributed by atoms with Crippen LogP contribution in [0, 0.1) is 0 Å². The number of Topliss-reactive ketones (excluding diaryl/α,β-unsaturated/α-hetero) is 1. The fourth-order valence-electron chi connectivity index (χ4n) is 0.763. The Morgan fingerprint density at radius 1 is 1.50 bits per heavy atom. The van der Waals surface area contributed by atoms with Gasteiger partial charge in [0.25, 0.3) is 0 Å². The first-order valence-electron chi connectivity index (χ1n) is 3.23. The van der Waals surface area contributed by atoms with Gasteiger partial charge >= 0.3 is 0 Å². The molecule has 0 atom stereocenters. The third-order valence-corrected chi connectivity index (χ3v) is 1.95. The molecule has 0 aromatic heterocycles. The van der Waals surface area contributed by atoms with Crippen molar-refractivity contribution in [2.24, 2.45) is 0 Å². The summed E-state index contributed by atoms with van der Waals surface area (Å²) in [5, 5.41) is 9.34. The average Bonchev–Trinajstić information content (AvgIpc) is 2.08. The fourth-order valence-corrected chi connectivity index (χ4v) is 1.04. The van der Waals surface area contributed by atoms with Crippen LogP contribution in [0.4, 0.5) is 0 Å². The smallest absolute Gasteiger partial charge is 0.177 e. The van der Waals surface area contributed by atoms with Gasteiger partial charge < -0.3 is 5.11 Å². The van der Waals surface area contributed by atoms with Crippen LogP contribution < -0.4 is 0 Å². The van der Waals surface area contributed by atoms with Crippen molar-refractivity contribution >= 4 is 29.0 Å². The first kappa shape index (κ1) is 9.36. The van der Waals surface area contributed by atoms with Crippen molar-refractivity contribution in [3.63, 3.8) is 0 Å². The second-order valence-corrected chi connectivity index (χ2v) is 2.90. The molecule has 0 unspecified atom stereocenters. The zero-order chi connectivity index (χ0) is 9.14. The zero-order valence-electron chi connectivity index (χ0n) is 6.05. The van der Waals surface area contributed by atoms with E-state index in [2.05, 4.69) is 0 Å². The highest BCUT2D eigenvalue weighted by molar-refractivity contribution is 6.33. The predicted molar refractivity (Wildman–Crippen MR) is 48.2 cm³/mol. The van der Waals surface area contributed by atoms with Gasteiger partial charge in [-0.05, 0) is 18.2 Å². The Balaban J connectivity index is 3.05. The summed E-state index contributed by atoms with van der Waals surface area (Å²) in [4.78, 5) is 11.0. The molecule has 0 aliphatic carbocycles. The molecule has 0 saturated carbocycles. The van der Waals surface area contributed by atoms with E-state index in [1.807, 2.05) is 0 Å². The summed E-state index contributed by atoms with van der Waals surface area (Å²) in [6.07, 6.45) is 0. The van der Waals surface area contributed by atoms with E-state index in [4.69, 9.17) is 28.3 Å². The molecule has 0 amide bonds. The maximum absolute atomic E-state index is 11.0. The van der Waals surface area contributed by atoms with Crippen LogP contribution in [-0.4, -0.2) is 16.8 Å². The van der Waals surface area contributed by atoms with E-state index in [-0.39, 0.29) is 22.4 Å². The summed E-state index contributed by atoms with van der Waals surface area (Å²) >= 11 is 10.8. The van der Waals surface area contributed by atoms with Crippen LogP contribution in [-0.2, 0) is 0 Å². The van der Waals surface area contributed by atoms with Gasteiger partial charge in [-0.2, -0.15) is 0 Å². The van der Waals surface area contributed by atoms with Crippen LogP contribution in [0.2, 0.25) is 5.02 Å². The molecule has 0 heterocycles. The van der Waals surface area contributed by atoms with Crippen molar-refractivity contribution in [3.8, 4) is 5.75 Å². The van der Waals surface area contributed by atoms with Crippen LogP contribution in [0.25, 0.3) is 0 Å². The van der Waals surface area contributed by atoms with Crippen LogP contribution in [0.1, 0.15) is 10.4 Å². The molecule has 1 rings (SSSR count). The zero-order valence-corrected chi connectivity index (χ0v) is 7.56. The molecule has 0 spiro atoms. The molecule has 0 saturated heterocycles. The van der Waals surface area contributed by atoms with E-state index in [1.54, 1.807) is 0 Å². The van der Waals surface area contributed by atoms with E-state index in [9.17, 15) is 4.79 Å². The molecule has 1 aromatic carbocycles. The van der Waals surface area contributed by atoms with E-state index in [0.717, 1.165) is 0 Å². The van der Waals surface area contributed by atoms with Crippen molar-refractivity contribution < 1.29 is 9.90 Å². The molecule has 0 fully saturated rings. The van der Waals surface area contributed by atoms with Crippen LogP contribution in [0.15, 0.2) is 18.2 Å². The number of alkyl halides is 1. The molecular formula is C8H6Cl2O2. The number of hydrogen-bond donors (Lipinski definition) is 1. The maximum atomic E-state index is 11.0. The Labute approximate surface area is 79.7 Å². The molecule has 2 nitrogen and oxygen atoms in total. The molecule has 64 valence electrons. The lowest BCUT2D eigenvalue weighted by atomic mass is 10.1. The third kappa shape index (κ3) is 1.90. The highest BCUT2D eigenvalue weighted by atomic mass is 35.5. The Morgan fingerprint density at radius 2 is 2.17 bits per heavy atom. The van der Waals surface area contributed by atoms with Gasteiger partial charge in [0.2, 0.25) is 0 Å². The minimum atomic E-state index is -0.233. The quantitative estimate of drug-likeness (QED) is 0.594. The summed E-state index contributed by atoms with van der Waals surface area (Å²) in [6.45, 7) is 0. The molecule has 12 heavy (non-hydrogen) atoms. The molecule has 0 bridgehead atoms. The largest absolute Gasteiger partial charge is 0.506 e. The molecule has 4 heteroatoms. The summed E-state index contributed by atoms with van der Waals surface area (Å²) in [5.41, 5.74) is 0.368. The highest BCUT2D eigenvalue weighted by Gasteiger charge is 2.06. The van der Waals surface area contributed by atoms with Gasteiger partial charge in [0, 0.05) is 5.56 Å².